The van der Waals surface area contributed by atoms with E-state index in [1.54, 1.807) is 42.7 Å². The third kappa shape index (κ3) is 1.46. The summed E-state index contributed by atoms with van der Waals surface area (Å²) in [5.41, 5.74) is 0. The molecule has 0 heterocycles. The molecule has 0 spiro atoms. The van der Waals surface area contributed by atoms with Crippen LogP contribution in [0.5, 0.6) is 11.5 Å². The highest BCUT2D eigenvalue weighted by Crippen LogP contribution is 2.23. The minimum absolute atomic E-state index is 0.228. The van der Waals surface area contributed by atoms with Crippen molar-refractivity contribution in [2.24, 2.45) is 0 Å². The molecule has 3 heteroatoms. The lowest BCUT2D eigenvalue weighted by molar-refractivity contribution is 0.476. The fourth-order valence-electron chi connectivity index (χ4n) is 1.33. The first-order valence-corrected chi connectivity index (χ1v) is 4.08. The topological polar surface area (TPSA) is 53.2 Å². The van der Waals surface area contributed by atoms with Gasteiger partial charge in [0.1, 0.15) is 11.5 Å². The highest BCUT2D eigenvalue weighted by molar-refractivity contribution is 5.85. The zero-order valence-electron chi connectivity index (χ0n) is 7.27. The molecule has 0 aliphatic carbocycles. The molecule has 0 atom stereocenters. The fourth-order valence-corrected chi connectivity index (χ4v) is 1.33. The molecule has 14 heavy (non-hydrogen) atoms. The van der Waals surface area contributed by atoms with Crippen LogP contribution in [-0.2, 0) is 0 Å². The second kappa shape index (κ2) is 3.27. The van der Waals surface area contributed by atoms with Gasteiger partial charge in [0.2, 0.25) is 0 Å². The van der Waals surface area contributed by atoms with Gasteiger partial charge in [-0.2, -0.15) is 0 Å². The van der Waals surface area contributed by atoms with Gasteiger partial charge in [-0.25, -0.2) is 0 Å². The molecule has 2 rings (SSSR count). The number of phenols is 1. The van der Waals surface area contributed by atoms with Gasteiger partial charge in [-0.15, -0.1) is 5.26 Å². The van der Waals surface area contributed by atoms with Gasteiger partial charge in [0.05, 0.1) is 0 Å². The Kier molecular flexibility index (Phi) is 1.96. The maximum atomic E-state index is 9.22. The molecule has 0 saturated heterocycles. The van der Waals surface area contributed by atoms with Crippen LogP contribution < -0.4 is 4.74 Å². The van der Waals surface area contributed by atoms with Gasteiger partial charge in [-0.3, -0.25) is 0 Å². The Hall–Kier alpha value is -2.21. The zero-order chi connectivity index (χ0) is 9.97. The predicted molar refractivity (Wildman–Crippen MR) is 51.9 cm³/mol. The average Bonchev–Trinajstić information content (AvgIpc) is 2.19. The van der Waals surface area contributed by atoms with Crippen molar-refractivity contribution in [3.8, 4) is 17.8 Å². The first kappa shape index (κ1) is 8.39. The van der Waals surface area contributed by atoms with Crippen LogP contribution in [0.4, 0.5) is 0 Å². The largest absolute Gasteiger partial charge is 0.508 e. The lowest BCUT2D eigenvalue weighted by atomic mass is 10.1. The molecular weight excluding hydrogens is 178 g/mol. The Morgan fingerprint density at radius 1 is 1.07 bits per heavy atom. The van der Waals surface area contributed by atoms with Gasteiger partial charge in [0.15, 0.2) is 0 Å². The minimum atomic E-state index is 0.228. The van der Waals surface area contributed by atoms with Crippen molar-refractivity contribution >= 4 is 10.8 Å². The Bertz CT molecular complexity index is 514. The molecule has 0 radical (unpaired) electrons. The fraction of sp³-hybridized carbons (Fsp3) is 0. The van der Waals surface area contributed by atoms with Crippen molar-refractivity contribution in [1.82, 2.24) is 0 Å². The quantitative estimate of drug-likeness (QED) is 0.694. The molecule has 2 aromatic rings. The van der Waals surface area contributed by atoms with E-state index in [0.29, 0.717) is 5.75 Å². The van der Waals surface area contributed by atoms with Crippen molar-refractivity contribution in [3.63, 3.8) is 0 Å². The van der Waals surface area contributed by atoms with Crippen LogP contribution in [0, 0.1) is 11.5 Å². The number of ether oxygens (including phenoxy) is 1. The SMILES string of the molecule is N#COc1ccc2cc(O)ccc2c1. The summed E-state index contributed by atoms with van der Waals surface area (Å²) in [6, 6.07) is 10.3. The van der Waals surface area contributed by atoms with Crippen LogP contribution in [-0.4, -0.2) is 5.11 Å². The van der Waals surface area contributed by atoms with Gasteiger partial charge < -0.3 is 9.84 Å². The number of hydrogen-bond acceptors (Lipinski definition) is 3. The summed E-state index contributed by atoms with van der Waals surface area (Å²) in [6.07, 6.45) is 1.61. The number of phenolic OH excluding ortho intramolecular Hbond substituents is 1. The van der Waals surface area contributed by atoms with Crippen LogP contribution >= 0.6 is 0 Å². The van der Waals surface area contributed by atoms with Crippen molar-refractivity contribution in [1.29, 1.82) is 5.26 Å². The summed E-state index contributed by atoms with van der Waals surface area (Å²) in [4.78, 5) is 0. The van der Waals surface area contributed by atoms with E-state index in [-0.39, 0.29) is 5.75 Å². The standard InChI is InChI=1S/C11H7NO2/c12-7-14-11-4-2-8-5-10(13)3-1-9(8)6-11/h1-6,13H. The second-order valence-electron chi connectivity index (χ2n) is 2.89. The van der Waals surface area contributed by atoms with Crippen LogP contribution in [0.2, 0.25) is 0 Å². The van der Waals surface area contributed by atoms with E-state index in [0.717, 1.165) is 10.8 Å². The summed E-state index contributed by atoms with van der Waals surface area (Å²) >= 11 is 0. The maximum Gasteiger partial charge on any atom is 0.292 e. The second-order valence-corrected chi connectivity index (χ2v) is 2.89. The number of rotatable bonds is 1. The van der Waals surface area contributed by atoms with Crippen LogP contribution in [0.3, 0.4) is 0 Å². The van der Waals surface area contributed by atoms with Gasteiger partial charge >= 0.3 is 0 Å². The van der Waals surface area contributed by atoms with E-state index in [1.165, 1.54) is 0 Å². The molecule has 68 valence electrons. The van der Waals surface area contributed by atoms with Crippen molar-refractivity contribution in [2.75, 3.05) is 0 Å². The lowest BCUT2D eigenvalue weighted by Crippen LogP contribution is -1.81. The molecule has 0 aromatic heterocycles. The van der Waals surface area contributed by atoms with Crippen molar-refractivity contribution in [2.45, 2.75) is 0 Å². The first-order chi connectivity index (χ1) is 6.79. The third-order valence-electron chi connectivity index (χ3n) is 1.96. The number of aromatic hydroxyl groups is 1. The van der Waals surface area contributed by atoms with E-state index in [1.807, 2.05) is 0 Å². The molecule has 0 aliphatic heterocycles. The summed E-state index contributed by atoms with van der Waals surface area (Å²) in [5, 5.41) is 19.4. The highest BCUT2D eigenvalue weighted by atomic mass is 16.5. The van der Waals surface area contributed by atoms with Crippen molar-refractivity contribution < 1.29 is 9.84 Å². The van der Waals surface area contributed by atoms with E-state index in [2.05, 4.69) is 4.74 Å². The molecule has 0 fully saturated rings. The summed E-state index contributed by atoms with van der Waals surface area (Å²) in [7, 11) is 0. The van der Waals surface area contributed by atoms with Crippen LogP contribution in [0.1, 0.15) is 0 Å². The zero-order valence-corrected chi connectivity index (χ0v) is 7.27. The summed E-state index contributed by atoms with van der Waals surface area (Å²) in [6.45, 7) is 0. The lowest BCUT2D eigenvalue weighted by Gasteiger charge is -2.00. The summed E-state index contributed by atoms with van der Waals surface area (Å²) < 4.78 is 4.69. The Morgan fingerprint density at radius 3 is 2.57 bits per heavy atom. The van der Waals surface area contributed by atoms with Gasteiger partial charge in [-0.1, -0.05) is 12.1 Å². The molecule has 0 bridgehead atoms. The Balaban J connectivity index is 2.57. The molecule has 3 nitrogen and oxygen atoms in total. The molecule has 0 aliphatic rings. The van der Waals surface area contributed by atoms with E-state index >= 15 is 0 Å². The number of benzene rings is 2. The average molecular weight is 185 g/mol. The normalized spacial score (nSPS) is 9.64. The maximum absolute atomic E-state index is 9.22. The van der Waals surface area contributed by atoms with Gasteiger partial charge in [-0.05, 0) is 35.0 Å². The molecule has 1 N–H and O–H groups in total. The first-order valence-electron chi connectivity index (χ1n) is 4.08. The number of hydrogen-bond donors (Lipinski definition) is 1. The predicted octanol–water partition coefficient (Wildman–Crippen LogP) is 2.41. The van der Waals surface area contributed by atoms with Crippen LogP contribution in [0.25, 0.3) is 10.8 Å². The molecular formula is C11H7NO2. The van der Waals surface area contributed by atoms with E-state index < -0.39 is 0 Å². The minimum Gasteiger partial charge on any atom is -0.508 e. The number of nitrogens with zero attached hydrogens (tertiary/aromatic N) is 1. The molecule has 0 saturated carbocycles. The Labute approximate surface area is 80.8 Å². The molecule has 2 aromatic carbocycles. The number of fused-ring (bicyclic) bond motifs is 1. The number of nitriles is 1. The third-order valence-corrected chi connectivity index (χ3v) is 1.96. The smallest absolute Gasteiger partial charge is 0.292 e. The molecule has 0 amide bonds. The van der Waals surface area contributed by atoms with Gasteiger partial charge in [0, 0.05) is 0 Å². The van der Waals surface area contributed by atoms with Gasteiger partial charge in [0.25, 0.3) is 6.26 Å². The highest BCUT2D eigenvalue weighted by Gasteiger charge is 1.98. The Morgan fingerprint density at radius 2 is 1.79 bits per heavy atom. The van der Waals surface area contributed by atoms with Crippen molar-refractivity contribution in [3.05, 3.63) is 36.4 Å². The summed E-state index contributed by atoms with van der Waals surface area (Å²) in [5.74, 6) is 0.733. The van der Waals surface area contributed by atoms with E-state index in [4.69, 9.17) is 5.26 Å². The van der Waals surface area contributed by atoms with Crippen LogP contribution in [0.15, 0.2) is 36.4 Å². The molecule has 0 unspecified atom stereocenters. The van der Waals surface area contributed by atoms with E-state index in [9.17, 15) is 5.11 Å². The monoisotopic (exact) mass is 185 g/mol.